The van der Waals surface area contributed by atoms with Crippen LogP contribution in [-0.2, 0) is 33.7 Å². The number of carboxylic acid groups (broad SMARTS) is 1. The molecule has 3 atom stereocenters. The Kier molecular flexibility index (Phi) is 9.51. The SMILES string of the molecule is CC1CCc2ccc(CCCCO[C@@H]3CCN([C@@H](C(=O)O)c4cc(F)ccc4COC(C)C)C3)nc2N1. The van der Waals surface area contributed by atoms with E-state index in [9.17, 15) is 14.3 Å². The number of aromatic nitrogens is 1. The number of aryl methyl sites for hydroxylation is 2. The van der Waals surface area contributed by atoms with E-state index in [0.717, 1.165) is 50.0 Å². The molecule has 1 aromatic carbocycles. The zero-order chi connectivity index (χ0) is 26.4. The van der Waals surface area contributed by atoms with Gasteiger partial charge >= 0.3 is 5.97 Å². The largest absolute Gasteiger partial charge is 0.480 e. The van der Waals surface area contributed by atoms with E-state index in [4.69, 9.17) is 14.5 Å². The first-order valence-electron chi connectivity index (χ1n) is 13.5. The Bertz CT molecular complexity index is 1060. The number of aliphatic carboxylic acids is 1. The highest BCUT2D eigenvalue weighted by molar-refractivity contribution is 5.76. The van der Waals surface area contributed by atoms with Crippen molar-refractivity contribution in [2.24, 2.45) is 0 Å². The molecule has 0 spiro atoms. The van der Waals surface area contributed by atoms with Gasteiger partial charge in [-0.3, -0.25) is 9.69 Å². The molecule has 37 heavy (non-hydrogen) atoms. The number of halogens is 1. The predicted octanol–water partition coefficient (Wildman–Crippen LogP) is 5.13. The van der Waals surface area contributed by atoms with E-state index in [-0.39, 0.29) is 18.8 Å². The number of benzene rings is 1. The van der Waals surface area contributed by atoms with Crippen molar-refractivity contribution in [2.75, 3.05) is 25.0 Å². The lowest BCUT2D eigenvalue weighted by Crippen LogP contribution is -2.34. The highest BCUT2D eigenvalue weighted by Gasteiger charge is 2.35. The smallest absolute Gasteiger partial charge is 0.325 e. The summed E-state index contributed by atoms with van der Waals surface area (Å²) in [4.78, 5) is 19.0. The Morgan fingerprint density at radius 2 is 2.08 bits per heavy atom. The summed E-state index contributed by atoms with van der Waals surface area (Å²) in [7, 11) is 0. The first-order chi connectivity index (χ1) is 17.8. The van der Waals surface area contributed by atoms with Crippen molar-refractivity contribution in [3.63, 3.8) is 0 Å². The van der Waals surface area contributed by atoms with Gasteiger partial charge in [0.25, 0.3) is 0 Å². The second-order valence-electron chi connectivity index (χ2n) is 10.6. The van der Waals surface area contributed by atoms with E-state index in [1.54, 1.807) is 6.07 Å². The highest BCUT2D eigenvalue weighted by atomic mass is 19.1. The third-order valence-electron chi connectivity index (χ3n) is 7.20. The maximum atomic E-state index is 14.1. The van der Waals surface area contributed by atoms with Crippen molar-refractivity contribution in [3.8, 4) is 0 Å². The summed E-state index contributed by atoms with van der Waals surface area (Å²) in [5.41, 5.74) is 3.56. The van der Waals surface area contributed by atoms with Crippen molar-refractivity contribution in [1.82, 2.24) is 9.88 Å². The van der Waals surface area contributed by atoms with Crippen molar-refractivity contribution in [1.29, 1.82) is 0 Å². The molecular weight excluding hydrogens is 473 g/mol. The van der Waals surface area contributed by atoms with Crippen LogP contribution < -0.4 is 5.32 Å². The van der Waals surface area contributed by atoms with Crippen molar-refractivity contribution < 1.29 is 23.8 Å². The topological polar surface area (TPSA) is 83.9 Å². The molecule has 1 saturated heterocycles. The number of likely N-dealkylation sites (tertiary alicyclic amines) is 1. The molecule has 0 bridgehead atoms. The maximum absolute atomic E-state index is 14.1. The molecule has 1 unspecified atom stereocenters. The normalized spacial score (nSPS) is 20.6. The van der Waals surface area contributed by atoms with Gasteiger partial charge in [0.1, 0.15) is 17.7 Å². The molecule has 0 aliphatic carbocycles. The third kappa shape index (κ3) is 7.49. The van der Waals surface area contributed by atoms with Gasteiger partial charge in [0.15, 0.2) is 0 Å². The lowest BCUT2D eigenvalue weighted by molar-refractivity contribution is -0.143. The molecule has 0 radical (unpaired) electrons. The standard InChI is InChI=1S/C29H40FN3O4/c1-19(2)37-18-22-9-11-23(30)16-26(22)27(29(34)35)33-14-13-25(17-33)36-15-5-4-6-24-12-10-21-8-7-20(3)31-28(21)32-24/h9-12,16,19-20,25,27H,4-8,13-15,17-18H2,1-3H3,(H,31,32)(H,34,35)/t20?,25-,27-/m1/s1. The first-order valence-corrected chi connectivity index (χ1v) is 13.5. The average molecular weight is 514 g/mol. The van der Waals surface area contributed by atoms with Crippen LogP contribution in [0.15, 0.2) is 30.3 Å². The third-order valence-corrected chi connectivity index (χ3v) is 7.20. The fraction of sp³-hybridized carbons (Fsp3) is 0.586. The lowest BCUT2D eigenvalue weighted by Gasteiger charge is -2.26. The number of fused-ring (bicyclic) bond motifs is 1. The number of hydrogen-bond acceptors (Lipinski definition) is 6. The van der Waals surface area contributed by atoms with E-state index in [1.165, 1.54) is 17.7 Å². The Morgan fingerprint density at radius 1 is 1.24 bits per heavy atom. The van der Waals surface area contributed by atoms with Gasteiger partial charge in [-0.05, 0) is 94.2 Å². The van der Waals surface area contributed by atoms with Gasteiger partial charge in [-0.15, -0.1) is 0 Å². The van der Waals surface area contributed by atoms with Gasteiger partial charge in [0.05, 0.1) is 18.8 Å². The molecule has 4 rings (SSSR count). The van der Waals surface area contributed by atoms with Crippen molar-refractivity contribution in [2.45, 2.75) is 90.2 Å². The molecule has 2 aliphatic heterocycles. The number of ether oxygens (including phenoxy) is 2. The minimum absolute atomic E-state index is 0.00543. The molecule has 7 nitrogen and oxygen atoms in total. The molecule has 2 aromatic rings. The van der Waals surface area contributed by atoms with Crippen molar-refractivity contribution >= 4 is 11.8 Å². The molecule has 8 heteroatoms. The second-order valence-corrected chi connectivity index (χ2v) is 10.6. The van der Waals surface area contributed by atoms with E-state index >= 15 is 0 Å². The number of nitrogens with one attached hydrogen (secondary N) is 1. The van der Waals surface area contributed by atoms with Crippen LogP contribution in [-0.4, -0.2) is 58.9 Å². The molecule has 3 heterocycles. The molecule has 2 N–H and O–H groups in total. The Labute approximate surface area is 219 Å². The summed E-state index contributed by atoms with van der Waals surface area (Å²) < 4.78 is 25.9. The summed E-state index contributed by atoms with van der Waals surface area (Å²) in [6.07, 6.45) is 5.76. The van der Waals surface area contributed by atoms with E-state index in [0.29, 0.717) is 36.9 Å². The number of hydrogen-bond donors (Lipinski definition) is 2. The van der Waals surface area contributed by atoms with Crippen LogP contribution in [0.4, 0.5) is 10.2 Å². The fourth-order valence-electron chi connectivity index (χ4n) is 5.15. The van der Waals surface area contributed by atoms with E-state index < -0.39 is 17.8 Å². The minimum atomic E-state index is -0.988. The fourth-order valence-corrected chi connectivity index (χ4v) is 5.15. The average Bonchev–Trinajstić information content (AvgIpc) is 3.31. The summed E-state index contributed by atoms with van der Waals surface area (Å²) in [5.74, 6) is -0.400. The van der Waals surface area contributed by atoms with Gasteiger partial charge in [-0.25, -0.2) is 9.37 Å². The lowest BCUT2D eigenvalue weighted by atomic mass is 9.99. The van der Waals surface area contributed by atoms with Crippen molar-refractivity contribution in [3.05, 3.63) is 58.5 Å². The summed E-state index contributed by atoms with van der Waals surface area (Å²) >= 11 is 0. The van der Waals surface area contributed by atoms with Crippen LogP contribution in [0.25, 0.3) is 0 Å². The molecule has 0 amide bonds. The Hall–Kier alpha value is -2.55. The van der Waals surface area contributed by atoms with Gasteiger partial charge < -0.3 is 19.9 Å². The van der Waals surface area contributed by atoms with Gasteiger partial charge in [0, 0.05) is 31.4 Å². The monoisotopic (exact) mass is 513 g/mol. The van der Waals surface area contributed by atoms with Crippen LogP contribution in [0.5, 0.6) is 0 Å². The summed E-state index contributed by atoms with van der Waals surface area (Å²) in [5, 5.41) is 13.5. The number of carboxylic acids is 1. The van der Waals surface area contributed by atoms with E-state index in [1.807, 2.05) is 18.7 Å². The number of nitrogens with zero attached hydrogens (tertiary/aromatic N) is 2. The van der Waals surface area contributed by atoms with Gasteiger partial charge in [-0.2, -0.15) is 0 Å². The zero-order valence-electron chi connectivity index (χ0n) is 22.2. The van der Waals surface area contributed by atoms with E-state index in [2.05, 4.69) is 24.4 Å². The van der Waals surface area contributed by atoms with Crippen LogP contribution in [0.1, 0.15) is 74.9 Å². The molecule has 1 fully saturated rings. The molecule has 0 saturated carbocycles. The number of anilines is 1. The number of carbonyl (C=O) groups is 1. The van der Waals surface area contributed by atoms with Crippen LogP contribution >= 0.6 is 0 Å². The molecule has 2 aliphatic rings. The number of rotatable bonds is 12. The van der Waals surface area contributed by atoms with Crippen LogP contribution in [0.2, 0.25) is 0 Å². The molecule has 202 valence electrons. The van der Waals surface area contributed by atoms with Gasteiger partial charge in [0.2, 0.25) is 0 Å². The zero-order valence-corrected chi connectivity index (χ0v) is 22.2. The molecular formula is C29H40FN3O4. The quantitative estimate of drug-likeness (QED) is 0.381. The number of unbranched alkanes of at least 4 members (excludes halogenated alkanes) is 1. The summed E-state index contributed by atoms with van der Waals surface area (Å²) in [6, 6.07) is 8.17. The predicted molar refractivity (Wildman–Crippen MR) is 141 cm³/mol. The Morgan fingerprint density at radius 3 is 2.86 bits per heavy atom. The van der Waals surface area contributed by atoms with Gasteiger partial charge in [-0.1, -0.05) is 12.1 Å². The maximum Gasteiger partial charge on any atom is 0.325 e. The number of pyridine rings is 1. The first kappa shape index (κ1) is 27.5. The van der Waals surface area contributed by atoms with Crippen LogP contribution in [0, 0.1) is 5.82 Å². The van der Waals surface area contributed by atoms with Crippen LogP contribution in [0.3, 0.4) is 0 Å². The molecule has 1 aromatic heterocycles. The Balaban J connectivity index is 1.26. The highest BCUT2D eigenvalue weighted by Crippen LogP contribution is 2.30. The summed E-state index contributed by atoms with van der Waals surface area (Å²) in [6.45, 7) is 8.00. The minimum Gasteiger partial charge on any atom is -0.480 e. The second kappa shape index (κ2) is 12.8.